The van der Waals surface area contributed by atoms with Crippen LogP contribution >= 0.6 is 23.2 Å². The minimum atomic E-state index is -3.69. The molecule has 128 valence electrons. The van der Waals surface area contributed by atoms with Crippen molar-refractivity contribution < 1.29 is 8.42 Å². The van der Waals surface area contributed by atoms with E-state index in [4.69, 9.17) is 23.2 Å². The second-order valence-electron chi connectivity index (χ2n) is 6.13. The van der Waals surface area contributed by atoms with Crippen LogP contribution in [-0.2, 0) is 10.0 Å². The molecular formula is C18H19Cl2NO2S. The van der Waals surface area contributed by atoms with Crippen LogP contribution in [0.5, 0.6) is 0 Å². The number of anilines is 1. The van der Waals surface area contributed by atoms with E-state index in [1.54, 1.807) is 24.3 Å². The first-order valence-electron chi connectivity index (χ1n) is 8.03. The number of hydrogen-bond donors (Lipinski definition) is 1. The number of rotatable bonds is 4. The Morgan fingerprint density at radius 3 is 2.25 bits per heavy atom. The molecule has 0 bridgehead atoms. The summed E-state index contributed by atoms with van der Waals surface area (Å²) < 4.78 is 27.6. The summed E-state index contributed by atoms with van der Waals surface area (Å²) in [4.78, 5) is 0.220. The zero-order valence-electron chi connectivity index (χ0n) is 13.1. The molecule has 0 aromatic heterocycles. The Morgan fingerprint density at radius 1 is 0.917 bits per heavy atom. The summed E-state index contributed by atoms with van der Waals surface area (Å²) in [5.74, 6) is 0.547. The predicted octanol–water partition coefficient (Wildman–Crippen LogP) is 5.84. The Morgan fingerprint density at radius 2 is 1.58 bits per heavy atom. The maximum atomic E-state index is 12.5. The van der Waals surface area contributed by atoms with E-state index >= 15 is 0 Å². The molecule has 0 saturated heterocycles. The van der Waals surface area contributed by atoms with Gasteiger partial charge in [-0.3, -0.25) is 4.72 Å². The fourth-order valence-electron chi connectivity index (χ4n) is 3.13. The van der Waals surface area contributed by atoms with Crippen molar-refractivity contribution in [1.82, 2.24) is 0 Å². The van der Waals surface area contributed by atoms with E-state index in [2.05, 4.69) is 4.72 Å². The van der Waals surface area contributed by atoms with Gasteiger partial charge in [-0.2, -0.15) is 0 Å². The molecule has 0 spiro atoms. The number of sulfonamides is 1. The Balaban J connectivity index is 1.80. The minimum Gasteiger partial charge on any atom is -0.278 e. The maximum Gasteiger partial charge on any atom is 0.261 e. The summed E-state index contributed by atoms with van der Waals surface area (Å²) in [5, 5.41) is 0.728. The molecule has 1 aliphatic rings. The number of nitrogens with one attached hydrogen (secondary N) is 1. The van der Waals surface area contributed by atoms with Gasteiger partial charge in [0.15, 0.2) is 0 Å². The lowest BCUT2D eigenvalue weighted by Crippen LogP contribution is -2.13. The average molecular weight is 384 g/mol. The molecule has 3 nitrogen and oxygen atoms in total. The van der Waals surface area contributed by atoms with Gasteiger partial charge in [0.1, 0.15) is 0 Å². The van der Waals surface area contributed by atoms with Gasteiger partial charge in [0, 0.05) is 5.02 Å². The van der Waals surface area contributed by atoms with Crippen LogP contribution in [0.25, 0.3) is 0 Å². The lowest BCUT2D eigenvalue weighted by molar-refractivity contribution is 0.443. The minimum absolute atomic E-state index is 0.220. The van der Waals surface area contributed by atoms with E-state index in [1.807, 2.05) is 12.1 Å². The molecule has 2 aromatic carbocycles. The van der Waals surface area contributed by atoms with Crippen LogP contribution in [0.15, 0.2) is 47.4 Å². The van der Waals surface area contributed by atoms with Gasteiger partial charge in [0.25, 0.3) is 10.0 Å². The third-order valence-electron chi connectivity index (χ3n) is 4.44. The highest BCUT2D eigenvalue weighted by Crippen LogP contribution is 2.33. The SMILES string of the molecule is O=S(=O)(Nc1cc(Cl)ccc1Cl)c1ccc(C2CCCCC2)cc1. The van der Waals surface area contributed by atoms with Crippen LogP contribution < -0.4 is 4.72 Å². The summed E-state index contributed by atoms with van der Waals surface area (Å²) >= 11 is 11.9. The summed E-state index contributed by atoms with van der Waals surface area (Å²) in [7, 11) is -3.69. The molecule has 6 heteroatoms. The van der Waals surface area contributed by atoms with E-state index in [0.717, 1.165) is 0 Å². The van der Waals surface area contributed by atoms with Crippen LogP contribution in [0.2, 0.25) is 10.0 Å². The molecule has 0 unspecified atom stereocenters. The predicted molar refractivity (Wildman–Crippen MR) is 99.5 cm³/mol. The Hall–Kier alpha value is -1.23. The molecule has 0 aliphatic heterocycles. The van der Waals surface area contributed by atoms with Gasteiger partial charge in [-0.15, -0.1) is 0 Å². The Bertz CT molecular complexity index is 813. The smallest absolute Gasteiger partial charge is 0.261 e. The third kappa shape index (κ3) is 4.05. The summed E-state index contributed by atoms with van der Waals surface area (Å²) in [5.41, 5.74) is 1.50. The van der Waals surface area contributed by atoms with Crippen molar-refractivity contribution in [1.29, 1.82) is 0 Å². The summed E-state index contributed by atoms with van der Waals surface area (Å²) in [6.07, 6.45) is 6.16. The molecule has 1 N–H and O–H groups in total. The van der Waals surface area contributed by atoms with Gasteiger partial charge in [0.05, 0.1) is 15.6 Å². The molecule has 0 radical (unpaired) electrons. The van der Waals surface area contributed by atoms with E-state index in [0.29, 0.717) is 16.0 Å². The topological polar surface area (TPSA) is 46.2 Å². The second kappa shape index (κ2) is 7.34. The summed E-state index contributed by atoms with van der Waals surface area (Å²) in [6, 6.07) is 11.8. The van der Waals surface area contributed by atoms with E-state index < -0.39 is 10.0 Å². The van der Waals surface area contributed by atoms with Crippen LogP contribution in [0.1, 0.15) is 43.6 Å². The van der Waals surface area contributed by atoms with Gasteiger partial charge in [-0.05, 0) is 54.7 Å². The largest absolute Gasteiger partial charge is 0.278 e. The Kier molecular flexibility index (Phi) is 5.38. The first-order valence-corrected chi connectivity index (χ1v) is 10.3. The van der Waals surface area contributed by atoms with E-state index in [1.165, 1.54) is 43.7 Å². The summed E-state index contributed by atoms with van der Waals surface area (Å²) in [6.45, 7) is 0. The van der Waals surface area contributed by atoms with Gasteiger partial charge in [0.2, 0.25) is 0 Å². The Labute approximate surface area is 153 Å². The van der Waals surface area contributed by atoms with E-state index in [9.17, 15) is 8.42 Å². The molecule has 0 amide bonds. The van der Waals surface area contributed by atoms with Gasteiger partial charge in [-0.1, -0.05) is 54.6 Å². The highest BCUT2D eigenvalue weighted by Gasteiger charge is 2.19. The van der Waals surface area contributed by atoms with Crippen molar-refractivity contribution in [2.45, 2.75) is 42.9 Å². The molecule has 1 fully saturated rings. The first-order chi connectivity index (χ1) is 11.5. The number of benzene rings is 2. The highest BCUT2D eigenvalue weighted by molar-refractivity contribution is 7.92. The molecule has 0 heterocycles. The second-order valence-corrected chi connectivity index (χ2v) is 8.66. The zero-order chi connectivity index (χ0) is 17.2. The van der Waals surface area contributed by atoms with Gasteiger partial charge >= 0.3 is 0 Å². The lowest BCUT2D eigenvalue weighted by atomic mass is 9.84. The van der Waals surface area contributed by atoms with Crippen molar-refractivity contribution in [2.24, 2.45) is 0 Å². The molecule has 1 aliphatic carbocycles. The fourth-order valence-corrected chi connectivity index (χ4v) is 4.60. The van der Waals surface area contributed by atoms with Crippen LogP contribution in [0, 0.1) is 0 Å². The van der Waals surface area contributed by atoms with Crippen molar-refractivity contribution in [3.8, 4) is 0 Å². The highest BCUT2D eigenvalue weighted by atomic mass is 35.5. The molecule has 2 aromatic rings. The normalized spacial score (nSPS) is 16.1. The van der Waals surface area contributed by atoms with Crippen LogP contribution in [0.3, 0.4) is 0 Å². The fraction of sp³-hybridized carbons (Fsp3) is 0.333. The van der Waals surface area contributed by atoms with Crippen molar-refractivity contribution in [3.05, 3.63) is 58.1 Å². The van der Waals surface area contributed by atoms with Gasteiger partial charge < -0.3 is 0 Å². The molecule has 0 atom stereocenters. The monoisotopic (exact) mass is 383 g/mol. The molecule has 1 saturated carbocycles. The quantitative estimate of drug-likeness (QED) is 0.720. The molecule has 24 heavy (non-hydrogen) atoms. The van der Waals surface area contributed by atoms with Crippen molar-refractivity contribution >= 4 is 38.9 Å². The lowest BCUT2D eigenvalue weighted by Gasteiger charge is -2.22. The molecular weight excluding hydrogens is 365 g/mol. The van der Waals surface area contributed by atoms with Crippen molar-refractivity contribution in [2.75, 3.05) is 4.72 Å². The van der Waals surface area contributed by atoms with E-state index in [-0.39, 0.29) is 10.6 Å². The van der Waals surface area contributed by atoms with Crippen molar-refractivity contribution in [3.63, 3.8) is 0 Å². The first kappa shape index (κ1) is 17.6. The maximum absolute atomic E-state index is 12.5. The number of hydrogen-bond acceptors (Lipinski definition) is 2. The third-order valence-corrected chi connectivity index (χ3v) is 6.39. The zero-order valence-corrected chi connectivity index (χ0v) is 15.5. The van der Waals surface area contributed by atoms with Gasteiger partial charge in [-0.25, -0.2) is 8.42 Å². The van der Waals surface area contributed by atoms with Crippen LogP contribution in [-0.4, -0.2) is 8.42 Å². The number of halogens is 2. The standard InChI is InChI=1S/C18H19Cl2NO2S/c19-15-8-11-17(20)18(12-15)21-24(22,23)16-9-6-14(7-10-16)13-4-2-1-3-5-13/h6-13,21H,1-5H2. The average Bonchev–Trinajstić information content (AvgIpc) is 2.59. The molecule has 3 rings (SSSR count). The van der Waals surface area contributed by atoms with Crippen LogP contribution in [0.4, 0.5) is 5.69 Å².